The summed E-state index contributed by atoms with van der Waals surface area (Å²) >= 11 is 0. The Labute approximate surface area is 481 Å². The average molecular weight is 1080 g/mol. The molecule has 1 unspecified atom stereocenters. The maximum Gasteiger partial charge on any atom is 0.306 e. The van der Waals surface area contributed by atoms with Gasteiger partial charge in [-0.1, -0.05) is 328 Å². The quantitative estimate of drug-likeness (QED) is 0.0261. The number of allylic oxidation sites excluding steroid dienone is 4. The zero-order chi connectivity index (χ0) is 55.7. The lowest BCUT2D eigenvalue weighted by Crippen LogP contribution is -2.30. The van der Waals surface area contributed by atoms with E-state index in [1.807, 2.05) is 0 Å². The Bertz CT molecular complexity index is 1240. The molecule has 0 aliphatic carbocycles. The number of rotatable bonds is 65. The Morgan fingerprint density at radius 3 is 0.649 bits per heavy atom. The molecule has 0 rings (SSSR count). The summed E-state index contributed by atoms with van der Waals surface area (Å²) in [6.45, 7) is 6.71. The SMILES string of the molecule is CCCCCCCC/C=C\CCCCCCCC(=O)OCC(COC(=O)CCCCCCCCCCCCC/C=C\CCCCCCCCCC)OC(=O)CCCCCCCCCCCCCCCCCCCCCCC. The van der Waals surface area contributed by atoms with Gasteiger partial charge < -0.3 is 14.2 Å². The van der Waals surface area contributed by atoms with Crippen LogP contribution < -0.4 is 0 Å². The second-order valence-electron chi connectivity index (χ2n) is 23.8. The minimum atomic E-state index is -0.773. The van der Waals surface area contributed by atoms with E-state index < -0.39 is 6.10 Å². The topological polar surface area (TPSA) is 78.9 Å². The van der Waals surface area contributed by atoms with Gasteiger partial charge in [0.1, 0.15) is 13.2 Å². The number of ether oxygens (including phenoxy) is 3. The van der Waals surface area contributed by atoms with Crippen molar-refractivity contribution in [2.45, 2.75) is 399 Å². The summed E-state index contributed by atoms with van der Waals surface area (Å²) in [6, 6.07) is 0. The Morgan fingerprint density at radius 2 is 0.429 bits per heavy atom. The van der Waals surface area contributed by atoms with Gasteiger partial charge in [0.15, 0.2) is 6.10 Å². The van der Waals surface area contributed by atoms with Gasteiger partial charge in [0.2, 0.25) is 0 Å². The summed E-state index contributed by atoms with van der Waals surface area (Å²) in [5.74, 6) is -0.847. The molecular formula is C71H134O6. The molecule has 6 nitrogen and oxygen atoms in total. The number of hydrogen-bond donors (Lipinski definition) is 0. The van der Waals surface area contributed by atoms with Crippen LogP contribution in [0, 0.1) is 0 Å². The third-order valence-electron chi connectivity index (χ3n) is 15.9. The summed E-state index contributed by atoms with van der Waals surface area (Å²) in [4.78, 5) is 38.4. The first-order valence-electron chi connectivity index (χ1n) is 34.8. The van der Waals surface area contributed by atoms with E-state index in [1.165, 1.54) is 289 Å². The highest BCUT2D eigenvalue weighted by Gasteiger charge is 2.19. The third-order valence-corrected chi connectivity index (χ3v) is 15.9. The van der Waals surface area contributed by atoms with Gasteiger partial charge in [-0.2, -0.15) is 0 Å². The van der Waals surface area contributed by atoms with Crippen molar-refractivity contribution in [1.82, 2.24) is 0 Å². The monoisotopic (exact) mass is 1080 g/mol. The van der Waals surface area contributed by atoms with Crippen LogP contribution in [-0.2, 0) is 28.6 Å². The zero-order valence-corrected chi connectivity index (χ0v) is 52.3. The first kappa shape index (κ1) is 74.9. The van der Waals surface area contributed by atoms with Gasteiger partial charge in [-0.15, -0.1) is 0 Å². The number of carbonyl (C=O) groups excluding carboxylic acids is 3. The first-order valence-corrected chi connectivity index (χ1v) is 34.8. The predicted octanol–water partition coefficient (Wildman–Crippen LogP) is 23.8. The zero-order valence-electron chi connectivity index (χ0n) is 52.3. The molecular weight excluding hydrogens is 949 g/mol. The molecule has 0 aliphatic heterocycles. The third kappa shape index (κ3) is 64.6. The molecule has 0 radical (unpaired) electrons. The van der Waals surface area contributed by atoms with Gasteiger partial charge in [-0.25, -0.2) is 0 Å². The average Bonchev–Trinajstić information content (AvgIpc) is 3.43. The molecule has 77 heavy (non-hydrogen) atoms. The highest BCUT2D eigenvalue weighted by Crippen LogP contribution is 2.18. The van der Waals surface area contributed by atoms with Crippen LogP contribution in [0.2, 0.25) is 0 Å². The van der Waals surface area contributed by atoms with Gasteiger partial charge in [-0.05, 0) is 70.6 Å². The minimum Gasteiger partial charge on any atom is -0.462 e. The lowest BCUT2D eigenvalue weighted by Gasteiger charge is -2.18. The van der Waals surface area contributed by atoms with E-state index in [0.717, 1.165) is 64.2 Å². The first-order chi connectivity index (χ1) is 38.0. The molecule has 0 heterocycles. The molecule has 0 aromatic heterocycles. The lowest BCUT2D eigenvalue weighted by atomic mass is 10.0. The van der Waals surface area contributed by atoms with Crippen LogP contribution in [0.3, 0.4) is 0 Å². The molecule has 454 valence electrons. The molecule has 0 aromatic carbocycles. The van der Waals surface area contributed by atoms with Gasteiger partial charge in [0.25, 0.3) is 0 Å². The van der Waals surface area contributed by atoms with E-state index in [2.05, 4.69) is 45.1 Å². The number of hydrogen-bond acceptors (Lipinski definition) is 6. The molecule has 0 fully saturated rings. The van der Waals surface area contributed by atoms with Crippen LogP contribution in [0.1, 0.15) is 393 Å². The highest BCUT2D eigenvalue weighted by molar-refractivity contribution is 5.71. The maximum atomic E-state index is 12.9. The van der Waals surface area contributed by atoms with Crippen LogP contribution in [0.25, 0.3) is 0 Å². The summed E-state index contributed by atoms with van der Waals surface area (Å²) in [5, 5.41) is 0. The molecule has 0 bridgehead atoms. The van der Waals surface area contributed by atoms with Crippen molar-refractivity contribution in [3.63, 3.8) is 0 Å². The molecule has 0 aromatic rings. The second kappa shape index (κ2) is 66.4. The summed E-state index contributed by atoms with van der Waals surface area (Å²) < 4.78 is 17.0. The van der Waals surface area contributed by atoms with E-state index in [0.29, 0.717) is 19.3 Å². The van der Waals surface area contributed by atoms with Crippen molar-refractivity contribution in [3.05, 3.63) is 24.3 Å². The fourth-order valence-corrected chi connectivity index (χ4v) is 10.7. The lowest BCUT2D eigenvalue weighted by molar-refractivity contribution is -0.167. The van der Waals surface area contributed by atoms with E-state index in [-0.39, 0.29) is 31.1 Å². The Kier molecular flexibility index (Phi) is 64.6. The molecule has 0 saturated heterocycles. The van der Waals surface area contributed by atoms with Gasteiger partial charge >= 0.3 is 17.9 Å². The van der Waals surface area contributed by atoms with Crippen molar-refractivity contribution >= 4 is 17.9 Å². The van der Waals surface area contributed by atoms with E-state index in [4.69, 9.17) is 14.2 Å². The van der Waals surface area contributed by atoms with Crippen LogP contribution in [0.5, 0.6) is 0 Å². The number of carbonyl (C=O) groups is 3. The molecule has 0 saturated carbocycles. The number of esters is 3. The van der Waals surface area contributed by atoms with E-state index >= 15 is 0 Å². The van der Waals surface area contributed by atoms with Crippen molar-refractivity contribution in [3.8, 4) is 0 Å². The Balaban J connectivity index is 4.28. The van der Waals surface area contributed by atoms with Gasteiger partial charge in [-0.3, -0.25) is 14.4 Å². The van der Waals surface area contributed by atoms with Gasteiger partial charge in [0.05, 0.1) is 0 Å². The van der Waals surface area contributed by atoms with Crippen molar-refractivity contribution < 1.29 is 28.6 Å². The summed E-state index contributed by atoms with van der Waals surface area (Å²) in [5.41, 5.74) is 0. The maximum absolute atomic E-state index is 12.9. The van der Waals surface area contributed by atoms with Crippen molar-refractivity contribution in [1.29, 1.82) is 0 Å². The summed E-state index contributed by atoms with van der Waals surface area (Å²) in [6.07, 6.45) is 80.6. The van der Waals surface area contributed by atoms with Crippen LogP contribution in [0.4, 0.5) is 0 Å². The van der Waals surface area contributed by atoms with E-state index in [1.54, 1.807) is 0 Å². The van der Waals surface area contributed by atoms with Crippen molar-refractivity contribution in [2.75, 3.05) is 13.2 Å². The van der Waals surface area contributed by atoms with Crippen LogP contribution in [0.15, 0.2) is 24.3 Å². The fraction of sp³-hybridized carbons (Fsp3) is 0.901. The van der Waals surface area contributed by atoms with Crippen molar-refractivity contribution in [2.24, 2.45) is 0 Å². The fourth-order valence-electron chi connectivity index (χ4n) is 10.7. The smallest absolute Gasteiger partial charge is 0.306 e. The highest BCUT2D eigenvalue weighted by atomic mass is 16.6. The second-order valence-corrected chi connectivity index (χ2v) is 23.8. The normalized spacial score (nSPS) is 12.1. The molecule has 0 spiro atoms. The minimum absolute atomic E-state index is 0.0688. The Morgan fingerprint density at radius 1 is 0.247 bits per heavy atom. The predicted molar refractivity (Wildman–Crippen MR) is 335 cm³/mol. The molecule has 1 atom stereocenters. The standard InChI is InChI=1S/C71H134O6/c1-4-7-10-13-16-19-22-25-28-30-32-34-35-37-38-40-43-46-49-52-55-58-61-64-70(73)76-67-68(66-75-69(72)63-60-57-54-51-48-45-42-27-24-21-18-15-12-9-6-3)77-71(74)65-62-59-56-53-50-47-44-41-39-36-33-31-29-26-23-20-17-14-11-8-5-2/h27,30,32,42,68H,4-26,28-29,31,33-41,43-67H2,1-3H3/b32-30-,42-27-. The van der Waals surface area contributed by atoms with Gasteiger partial charge in [0, 0.05) is 19.3 Å². The van der Waals surface area contributed by atoms with Crippen LogP contribution in [-0.4, -0.2) is 37.2 Å². The summed E-state index contributed by atoms with van der Waals surface area (Å²) in [7, 11) is 0. The largest absolute Gasteiger partial charge is 0.462 e. The molecule has 6 heteroatoms. The molecule has 0 aliphatic rings. The van der Waals surface area contributed by atoms with E-state index in [9.17, 15) is 14.4 Å². The van der Waals surface area contributed by atoms with Crippen LogP contribution >= 0.6 is 0 Å². The molecule has 0 amide bonds. The molecule has 0 N–H and O–H groups in total. The number of unbranched alkanes of at least 4 members (excludes halogenated alkanes) is 50. The Hall–Kier alpha value is -2.11.